The van der Waals surface area contributed by atoms with Crippen molar-refractivity contribution in [3.63, 3.8) is 0 Å². The molecule has 0 saturated carbocycles. The van der Waals surface area contributed by atoms with Gasteiger partial charge in [0.25, 0.3) is 0 Å². The van der Waals surface area contributed by atoms with Crippen molar-refractivity contribution < 1.29 is 4.79 Å². The Morgan fingerprint density at radius 2 is 2.17 bits per heavy atom. The Morgan fingerprint density at radius 3 is 2.78 bits per heavy atom. The van der Waals surface area contributed by atoms with E-state index in [0.717, 1.165) is 12.0 Å². The summed E-state index contributed by atoms with van der Waals surface area (Å²) < 4.78 is 0. The number of carbonyl (C=O) groups excluding carboxylic acids is 1. The fourth-order valence-electron chi connectivity index (χ4n) is 1.52. The van der Waals surface area contributed by atoms with Crippen LogP contribution in [0.3, 0.4) is 0 Å². The Balaban J connectivity index is 2.34. The lowest BCUT2D eigenvalue weighted by Gasteiger charge is -2.24. The second kappa shape index (κ2) is 6.50. The summed E-state index contributed by atoms with van der Waals surface area (Å²) in [5, 5.41) is 6.14. The van der Waals surface area contributed by atoms with Crippen LogP contribution < -0.4 is 10.6 Å². The summed E-state index contributed by atoms with van der Waals surface area (Å²) in [6, 6.07) is 1.97. The molecule has 4 heteroatoms. The first-order valence-corrected chi connectivity index (χ1v) is 6.36. The number of hydrogen-bond acceptors (Lipinski definition) is 3. The second-order valence-electron chi connectivity index (χ2n) is 5.19. The molecule has 0 saturated heterocycles. The third-order valence-electron chi connectivity index (χ3n) is 3.10. The number of aromatic nitrogens is 1. The monoisotopic (exact) mass is 249 g/mol. The highest BCUT2D eigenvalue weighted by Crippen LogP contribution is 2.06. The maximum absolute atomic E-state index is 11.7. The molecule has 0 aliphatic rings. The Morgan fingerprint density at radius 1 is 1.44 bits per heavy atom. The van der Waals surface area contributed by atoms with E-state index in [9.17, 15) is 4.79 Å². The minimum absolute atomic E-state index is 0.0357. The van der Waals surface area contributed by atoms with Gasteiger partial charge in [-0.05, 0) is 44.4 Å². The number of pyridine rings is 1. The van der Waals surface area contributed by atoms with E-state index in [1.165, 1.54) is 5.56 Å². The predicted octanol–water partition coefficient (Wildman–Crippen LogP) is 1.78. The van der Waals surface area contributed by atoms with E-state index in [1.54, 1.807) is 6.20 Å². The maximum Gasteiger partial charge on any atom is 0.234 e. The largest absolute Gasteiger partial charge is 0.350 e. The van der Waals surface area contributed by atoms with Crippen molar-refractivity contribution in [1.29, 1.82) is 0 Å². The van der Waals surface area contributed by atoms with Gasteiger partial charge in [0, 0.05) is 24.5 Å². The molecule has 100 valence electrons. The molecular formula is C14H23N3O. The summed E-state index contributed by atoms with van der Waals surface area (Å²) in [7, 11) is 0. The highest BCUT2D eigenvalue weighted by Gasteiger charge is 2.17. The van der Waals surface area contributed by atoms with Crippen molar-refractivity contribution >= 4 is 5.91 Å². The molecular weight excluding hydrogens is 226 g/mol. The molecule has 1 rings (SSSR count). The molecule has 1 amide bonds. The van der Waals surface area contributed by atoms with Gasteiger partial charge in [-0.2, -0.15) is 0 Å². The highest BCUT2D eigenvalue weighted by molar-refractivity contribution is 5.78. The number of amides is 1. The predicted molar refractivity (Wildman–Crippen MR) is 73.2 cm³/mol. The van der Waals surface area contributed by atoms with E-state index >= 15 is 0 Å². The van der Waals surface area contributed by atoms with Crippen molar-refractivity contribution in [2.45, 2.75) is 46.2 Å². The molecule has 2 N–H and O–H groups in total. The first-order valence-electron chi connectivity index (χ1n) is 6.36. The molecule has 0 aromatic carbocycles. The van der Waals surface area contributed by atoms with Crippen LogP contribution in [0.4, 0.5) is 0 Å². The van der Waals surface area contributed by atoms with Crippen LogP contribution in [-0.4, -0.2) is 23.0 Å². The van der Waals surface area contributed by atoms with Crippen LogP contribution in [0.1, 0.15) is 38.3 Å². The van der Waals surface area contributed by atoms with Crippen LogP contribution in [0.5, 0.6) is 0 Å². The second-order valence-corrected chi connectivity index (χ2v) is 5.19. The van der Waals surface area contributed by atoms with E-state index < -0.39 is 0 Å². The summed E-state index contributed by atoms with van der Waals surface area (Å²) in [6.45, 7) is 9.16. The van der Waals surface area contributed by atoms with Crippen molar-refractivity contribution in [1.82, 2.24) is 15.6 Å². The van der Waals surface area contributed by atoms with E-state index in [1.807, 2.05) is 33.0 Å². The van der Waals surface area contributed by atoms with Crippen molar-refractivity contribution in [3.8, 4) is 0 Å². The quantitative estimate of drug-likeness (QED) is 0.808. The van der Waals surface area contributed by atoms with Crippen LogP contribution >= 0.6 is 0 Å². The molecule has 1 heterocycles. The van der Waals surface area contributed by atoms with Gasteiger partial charge in [-0.3, -0.25) is 9.78 Å². The molecule has 0 aliphatic carbocycles. The zero-order valence-corrected chi connectivity index (χ0v) is 11.7. The number of carbonyl (C=O) groups is 1. The van der Waals surface area contributed by atoms with Crippen LogP contribution in [-0.2, 0) is 11.3 Å². The average Bonchev–Trinajstić information content (AvgIpc) is 2.31. The molecule has 18 heavy (non-hydrogen) atoms. The van der Waals surface area contributed by atoms with E-state index in [4.69, 9.17) is 0 Å². The summed E-state index contributed by atoms with van der Waals surface area (Å²) in [5.74, 6) is 0.0357. The number of rotatable bonds is 6. The molecule has 0 aliphatic heterocycles. The summed E-state index contributed by atoms with van der Waals surface area (Å²) >= 11 is 0. The zero-order valence-electron chi connectivity index (χ0n) is 11.7. The molecule has 4 nitrogen and oxygen atoms in total. The Bertz CT molecular complexity index is 402. The fourth-order valence-corrected chi connectivity index (χ4v) is 1.52. The third kappa shape index (κ3) is 4.84. The lowest BCUT2D eigenvalue weighted by atomic mass is 10.0. The highest BCUT2D eigenvalue weighted by atomic mass is 16.2. The lowest BCUT2D eigenvalue weighted by Crippen LogP contribution is -2.46. The number of aryl methyl sites for hydroxylation is 1. The average molecular weight is 249 g/mol. The standard InChI is InChI=1S/C14H23N3O/c1-5-14(3,4)17-13(18)10-16-9-12-6-7-15-8-11(12)2/h6-8,16H,5,9-10H2,1-4H3,(H,17,18). The fraction of sp³-hybridized carbons (Fsp3) is 0.571. The smallest absolute Gasteiger partial charge is 0.234 e. The van der Waals surface area contributed by atoms with Gasteiger partial charge < -0.3 is 10.6 Å². The van der Waals surface area contributed by atoms with E-state index in [0.29, 0.717) is 13.1 Å². The SMILES string of the molecule is CCC(C)(C)NC(=O)CNCc1ccncc1C. The maximum atomic E-state index is 11.7. The Labute approximate surface area is 109 Å². The first-order chi connectivity index (χ1) is 8.44. The van der Waals surface area contributed by atoms with Crippen molar-refractivity contribution in [2.24, 2.45) is 0 Å². The van der Waals surface area contributed by atoms with Crippen molar-refractivity contribution in [2.75, 3.05) is 6.54 Å². The molecule has 0 atom stereocenters. The van der Waals surface area contributed by atoms with Crippen LogP contribution in [0.15, 0.2) is 18.5 Å². The Kier molecular flexibility index (Phi) is 5.28. The van der Waals surface area contributed by atoms with Gasteiger partial charge in [0.2, 0.25) is 5.91 Å². The molecule has 0 radical (unpaired) electrons. The zero-order chi connectivity index (χ0) is 13.6. The lowest BCUT2D eigenvalue weighted by molar-refractivity contribution is -0.121. The molecule has 0 fully saturated rings. The molecule has 1 aromatic heterocycles. The van der Waals surface area contributed by atoms with E-state index in [2.05, 4.69) is 22.5 Å². The van der Waals surface area contributed by atoms with Gasteiger partial charge in [0.1, 0.15) is 0 Å². The van der Waals surface area contributed by atoms with Gasteiger partial charge in [0.15, 0.2) is 0 Å². The van der Waals surface area contributed by atoms with Gasteiger partial charge in [-0.15, -0.1) is 0 Å². The van der Waals surface area contributed by atoms with Gasteiger partial charge in [0.05, 0.1) is 6.54 Å². The molecule has 1 aromatic rings. The summed E-state index contributed by atoms with van der Waals surface area (Å²) in [6.07, 6.45) is 4.52. The number of hydrogen-bond donors (Lipinski definition) is 2. The Hall–Kier alpha value is -1.42. The first kappa shape index (κ1) is 14.6. The van der Waals surface area contributed by atoms with E-state index in [-0.39, 0.29) is 11.4 Å². The van der Waals surface area contributed by atoms with Gasteiger partial charge in [-0.1, -0.05) is 6.92 Å². The van der Waals surface area contributed by atoms with Crippen LogP contribution in [0.2, 0.25) is 0 Å². The third-order valence-corrected chi connectivity index (χ3v) is 3.10. The normalized spacial score (nSPS) is 11.3. The van der Waals surface area contributed by atoms with Gasteiger partial charge in [-0.25, -0.2) is 0 Å². The van der Waals surface area contributed by atoms with Gasteiger partial charge >= 0.3 is 0 Å². The van der Waals surface area contributed by atoms with Crippen molar-refractivity contribution in [3.05, 3.63) is 29.6 Å². The van der Waals surface area contributed by atoms with Crippen LogP contribution in [0, 0.1) is 6.92 Å². The summed E-state index contributed by atoms with van der Waals surface area (Å²) in [5.41, 5.74) is 2.18. The minimum atomic E-state index is -0.134. The molecule has 0 bridgehead atoms. The van der Waals surface area contributed by atoms with Crippen LogP contribution in [0.25, 0.3) is 0 Å². The minimum Gasteiger partial charge on any atom is -0.350 e. The number of nitrogens with one attached hydrogen (secondary N) is 2. The summed E-state index contributed by atoms with van der Waals surface area (Å²) in [4.78, 5) is 15.7. The topological polar surface area (TPSA) is 54.0 Å². The molecule has 0 unspecified atom stereocenters. The molecule has 0 spiro atoms. The number of nitrogens with zero attached hydrogens (tertiary/aromatic N) is 1.